The highest BCUT2D eigenvalue weighted by Crippen LogP contribution is 2.43. The summed E-state index contributed by atoms with van der Waals surface area (Å²) in [5, 5.41) is 0. The second kappa shape index (κ2) is 6.88. The molecule has 0 bridgehead atoms. The van der Waals surface area contributed by atoms with Crippen LogP contribution in [0.2, 0.25) is 0 Å². The Morgan fingerprint density at radius 2 is 1.39 bits per heavy atom. The molecule has 0 unspecified atom stereocenters. The van der Waals surface area contributed by atoms with Gasteiger partial charge < -0.3 is 0 Å². The van der Waals surface area contributed by atoms with Gasteiger partial charge in [-0.25, -0.2) is 0 Å². The Hall–Kier alpha value is -1.86. The highest BCUT2D eigenvalue weighted by molar-refractivity contribution is 7.15. The van der Waals surface area contributed by atoms with Crippen molar-refractivity contribution in [3.8, 4) is 21.6 Å². The van der Waals surface area contributed by atoms with E-state index in [0.717, 1.165) is 12.8 Å². The summed E-state index contributed by atoms with van der Waals surface area (Å²) in [4.78, 5) is 2.88. The molecule has 0 fully saturated rings. The Balaban J connectivity index is 1.67. The van der Waals surface area contributed by atoms with Gasteiger partial charge >= 0.3 is 0 Å². The van der Waals surface area contributed by atoms with E-state index in [9.17, 15) is 0 Å². The van der Waals surface area contributed by atoms with Gasteiger partial charge in [0, 0.05) is 9.75 Å². The van der Waals surface area contributed by atoms with Gasteiger partial charge in [0.05, 0.1) is 0 Å². The van der Waals surface area contributed by atoms with Crippen LogP contribution in [-0.2, 0) is 17.3 Å². The summed E-state index contributed by atoms with van der Waals surface area (Å²) >= 11 is 1.96. The van der Waals surface area contributed by atoms with Gasteiger partial charge in [-0.2, -0.15) is 0 Å². The number of benzene rings is 2. The lowest BCUT2D eigenvalue weighted by molar-refractivity contribution is 0.506. The molecule has 146 valence electrons. The molecule has 1 aliphatic carbocycles. The summed E-state index contributed by atoms with van der Waals surface area (Å²) < 4.78 is 0. The van der Waals surface area contributed by atoms with Crippen molar-refractivity contribution in [2.75, 3.05) is 0 Å². The maximum Gasteiger partial charge on any atom is 0.0345 e. The first-order chi connectivity index (χ1) is 13.2. The van der Waals surface area contributed by atoms with Crippen LogP contribution in [0.1, 0.15) is 76.0 Å². The lowest BCUT2D eigenvalue weighted by Crippen LogP contribution is -2.15. The predicted molar refractivity (Wildman–Crippen MR) is 125 cm³/mol. The quantitative estimate of drug-likeness (QED) is 0.322. The first-order valence-electron chi connectivity index (χ1n) is 10.6. The summed E-state index contributed by atoms with van der Waals surface area (Å²) in [6, 6.07) is 18.8. The average molecular weight is 389 g/mol. The van der Waals surface area contributed by atoms with Crippen LogP contribution in [0.25, 0.3) is 21.6 Å². The van der Waals surface area contributed by atoms with Crippen molar-refractivity contribution >= 4 is 11.3 Å². The molecule has 1 aromatic heterocycles. The van der Waals surface area contributed by atoms with Crippen LogP contribution >= 0.6 is 11.3 Å². The minimum absolute atomic E-state index is 0.244. The Morgan fingerprint density at radius 3 is 2.07 bits per heavy atom. The molecule has 0 aliphatic heterocycles. The van der Waals surface area contributed by atoms with Crippen LogP contribution in [0.3, 0.4) is 0 Å². The lowest BCUT2D eigenvalue weighted by atomic mass is 9.81. The third-order valence-corrected chi connectivity index (χ3v) is 8.49. The van der Waals surface area contributed by atoms with E-state index in [0.29, 0.717) is 0 Å². The Morgan fingerprint density at radius 1 is 0.750 bits per heavy atom. The van der Waals surface area contributed by atoms with E-state index in [-0.39, 0.29) is 10.8 Å². The molecule has 0 amide bonds. The highest BCUT2D eigenvalue weighted by Gasteiger charge is 2.24. The maximum atomic E-state index is 2.45. The zero-order valence-electron chi connectivity index (χ0n) is 18.1. The van der Waals surface area contributed by atoms with Crippen LogP contribution in [0.4, 0.5) is 0 Å². The van der Waals surface area contributed by atoms with Crippen molar-refractivity contribution < 1.29 is 0 Å². The largest absolute Gasteiger partial charge is 0.140 e. The average Bonchev–Trinajstić information content (AvgIpc) is 3.32. The van der Waals surface area contributed by atoms with Gasteiger partial charge in [0.15, 0.2) is 0 Å². The van der Waals surface area contributed by atoms with Gasteiger partial charge in [-0.15, -0.1) is 11.3 Å². The van der Waals surface area contributed by atoms with E-state index >= 15 is 0 Å². The van der Waals surface area contributed by atoms with E-state index in [1.807, 2.05) is 11.3 Å². The number of thiophene rings is 1. The van der Waals surface area contributed by atoms with Crippen molar-refractivity contribution in [2.24, 2.45) is 0 Å². The van der Waals surface area contributed by atoms with Crippen molar-refractivity contribution in [1.82, 2.24) is 0 Å². The summed E-state index contributed by atoms with van der Waals surface area (Å²) in [6.45, 7) is 13.9. The van der Waals surface area contributed by atoms with Crippen molar-refractivity contribution in [3.05, 3.63) is 70.1 Å². The molecule has 0 spiro atoms. The van der Waals surface area contributed by atoms with E-state index in [4.69, 9.17) is 0 Å². The molecule has 0 nitrogen and oxygen atoms in total. The van der Waals surface area contributed by atoms with Crippen LogP contribution in [-0.4, -0.2) is 0 Å². The Labute approximate surface area is 174 Å². The molecule has 4 rings (SSSR count). The zero-order chi connectivity index (χ0) is 20.1. The molecule has 1 aliphatic rings. The number of hydrogen-bond donors (Lipinski definition) is 0. The molecule has 3 aromatic rings. The van der Waals surface area contributed by atoms with Crippen LogP contribution in [0, 0.1) is 0 Å². The molecule has 0 N–H and O–H groups in total. The highest BCUT2D eigenvalue weighted by atomic mass is 32.1. The summed E-state index contributed by atoms with van der Waals surface area (Å²) in [5.41, 5.74) is 9.15. The fourth-order valence-corrected chi connectivity index (χ4v) is 5.19. The van der Waals surface area contributed by atoms with Gasteiger partial charge in [0.25, 0.3) is 0 Å². The molecule has 0 saturated carbocycles. The lowest BCUT2D eigenvalue weighted by Gasteiger charge is -2.24. The van der Waals surface area contributed by atoms with Crippen LogP contribution in [0.15, 0.2) is 48.5 Å². The second-order valence-electron chi connectivity index (χ2n) is 9.56. The summed E-state index contributed by atoms with van der Waals surface area (Å²) in [6.07, 6.45) is 3.39. The normalized spacial score (nSPS) is 13.5. The molecule has 1 heterocycles. The van der Waals surface area contributed by atoms with Gasteiger partial charge in [-0.1, -0.05) is 71.9 Å². The zero-order valence-corrected chi connectivity index (χ0v) is 19.0. The SMILES string of the molecule is CCC(C)(C)c1ccc2c(c1)Cc1cc(-c3ccc(C(C)(C)CC)s3)ccc1-2. The second-order valence-corrected chi connectivity index (χ2v) is 10.6. The van der Waals surface area contributed by atoms with E-state index in [1.165, 1.54) is 49.6 Å². The van der Waals surface area contributed by atoms with E-state index in [1.54, 1.807) is 0 Å². The topological polar surface area (TPSA) is 0 Å². The smallest absolute Gasteiger partial charge is 0.0345 e. The van der Waals surface area contributed by atoms with Gasteiger partial charge in [0.1, 0.15) is 0 Å². The summed E-state index contributed by atoms with van der Waals surface area (Å²) in [7, 11) is 0. The summed E-state index contributed by atoms with van der Waals surface area (Å²) in [5.74, 6) is 0. The third-order valence-electron chi connectivity index (χ3n) is 6.99. The van der Waals surface area contributed by atoms with Crippen LogP contribution < -0.4 is 0 Å². The Kier molecular flexibility index (Phi) is 4.78. The predicted octanol–water partition coefficient (Wildman–Crippen LogP) is 8.36. The fraction of sp³-hybridized carbons (Fsp3) is 0.407. The van der Waals surface area contributed by atoms with Gasteiger partial charge in [-0.3, -0.25) is 0 Å². The Bertz CT molecular complexity index is 1020. The number of hydrogen-bond acceptors (Lipinski definition) is 1. The van der Waals surface area contributed by atoms with E-state index < -0.39 is 0 Å². The molecule has 2 aromatic carbocycles. The number of fused-ring (bicyclic) bond motifs is 3. The molecular weight excluding hydrogens is 356 g/mol. The monoisotopic (exact) mass is 388 g/mol. The third kappa shape index (κ3) is 3.24. The molecule has 28 heavy (non-hydrogen) atoms. The molecular formula is C27H32S. The van der Waals surface area contributed by atoms with Crippen molar-refractivity contribution in [3.63, 3.8) is 0 Å². The first-order valence-corrected chi connectivity index (χ1v) is 11.4. The van der Waals surface area contributed by atoms with Gasteiger partial charge in [0.2, 0.25) is 0 Å². The van der Waals surface area contributed by atoms with Gasteiger partial charge in [-0.05, 0) is 81.7 Å². The van der Waals surface area contributed by atoms with Crippen molar-refractivity contribution in [1.29, 1.82) is 0 Å². The van der Waals surface area contributed by atoms with E-state index in [2.05, 4.69) is 90.1 Å². The fourth-order valence-electron chi connectivity index (χ4n) is 4.02. The minimum atomic E-state index is 0.244. The molecule has 0 radical (unpaired) electrons. The first kappa shape index (κ1) is 19.5. The van der Waals surface area contributed by atoms with Crippen molar-refractivity contribution in [2.45, 2.75) is 71.6 Å². The molecule has 0 saturated heterocycles. The maximum absolute atomic E-state index is 2.45. The minimum Gasteiger partial charge on any atom is -0.140 e. The molecule has 1 heteroatoms. The standard InChI is InChI=1S/C27H32S/c1-7-26(3,4)21-10-12-23-20(17-21)16-19-15-18(9-11-22(19)23)24-13-14-25(28-24)27(5,6)8-2/h9-15,17H,7-8,16H2,1-6H3. The van der Waals surface area contributed by atoms with Crippen LogP contribution in [0.5, 0.6) is 0 Å². The molecule has 0 atom stereocenters. The number of rotatable bonds is 5.